The van der Waals surface area contributed by atoms with Gasteiger partial charge < -0.3 is 15.6 Å². The van der Waals surface area contributed by atoms with Crippen molar-refractivity contribution in [1.82, 2.24) is 10.2 Å². The van der Waals surface area contributed by atoms with Gasteiger partial charge in [-0.1, -0.05) is 36.4 Å². The van der Waals surface area contributed by atoms with Crippen LogP contribution in [-0.2, 0) is 24.4 Å². The standard InChI is InChI=1S/C25H23N3O3/c26-15-17-4-3-6-19(10-17)21-11-18(12-22(13-21)23-8-9-27-28-23)16-31-24-7-2-1-5-20(24)14-25(29)30/h1-13H,14-16,26H2,(H,27,28)(H,29,30). The highest BCUT2D eigenvalue weighted by Crippen LogP contribution is 2.29. The van der Waals surface area contributed by atoms with Gasteiger partial charge in [0.05, 0.1) is 12.1 Å². The Morgan fingerprint density at radius 2 is 1.74 bits per heavy atom. The molecule has 0 atom stereocenters. The number of aromatic nitrogens is 2. The number of nitrogens with two attached hydrogens (primary N) is 1. The van der Waals surface area contributed by atoms with Crippen molar-refractivity contribution in [3.05, 3.63) is 95.7 Å². The molecule has 4 N–H and O–H groups in total. The van der Waals surface area contributed by atoms with Crippen molar-refractivity contribution >= 4 is 5.97 Å². The van der Waals surface area contributed by atoms with Crippen LogP contribution in [0, 0.1) is 0 Å². The van der Waals surface area contributed by atoms with Crippen LogP contribution in [0.2, 0.25) is 0 Å². The molecule has 156 valence electrons. The van der Waals surface area contributed by atoms with Gasteiger partial charge in [-0.05, 0) is 58.7 Å². The number of carboxylic acid groups (broad SMARTS) is 1. The molecule has 6 heteroatoms. The number of aliphatic carboxylic acids is 1. The zero-order valence-corrected chi connectivity index (χ0v) is 16.9. The first-order chi connectivity index (χ1) is 15.1. The molecular weight excluding hydrogens is 390 g/mol. The van der Waals surface area contributed by atoms with Gasteiger partial charge in [-0.3, -0.25) is 9.89 Å². The molecule has 0 fully saturated rings. The van der Waals surface area contributed by atoms with Gasteiger partial charge in [-0.2, -0.15) is 5.10 Å². The summed E-state index contributed by atoms with van der Waals surface area (Å²) in [6.07, 6.45) is 1.64. The second-order valence-electron chi connectivity index (χ2n) is 7.26. The zero-order valence-electron chi connectivity index (χ0n) is 16.9. The molecule has 0 saturated heterocycles. The molecule has 0 spiro atoms. The van der Waals surface area contributed by atoms with E-state index in [1.807, 2.05) is 36.4 Å². The fraction of sp³-hybridized carbons (Fsp3) is 0.120. The average Bonchev–Trinajstić information content (AvgIpc) is 3.33. The van der Waals surface area contributed by atoms with Crippen molar-refractivity contribution in [1.29, 1.82) is 0 Å². The minimum absolute atomic E-state index is 0.0819. The van der Waals surface area contributed by atoms with Crippen LogP contribution in [0.15, 0.2) is 79.0 Å². The number of carbonyl (C=O) groups is 1. The van der Waals surface area contributed by atoms with Crippen LogP contribution in [0.25, 0.3) is 22.4 Å². The molecule has 6 nitrogen and oxygen atoms in total. The minimum Gasteiger partial charge on any atom is -0.489 e. The van der Waals surface area contributed by atoms with Crippen molar-refractivity contribution in [3.8, 4) is 28.1 Å². The average molecular weight is 413 g/mol. The quantitative estimate of drug-likeness (QED) is 0.397. The molecule has 0 unspecified atom stereocenters. The number of H-pyrrole nitrogens is 1. The number of nitrogens with one attached hydrogen (secondary N) is 1. The summed E-state index contributed by atoms with van der Waals surface area (Å²) in [7, 11) is 0. The Bertz CT molecular complexity index is 1190. The summed E-state index contributed by atoms with van der Waals surface area (Å²) in [4.78, 5) is 11.2. The number of aromatic amines is 1. The van der Waals surface area contributed by atoms with E-state index in [0.717, 1.165) is 33.5 Å². The number of rotatable bonds is 8. The van der Waals surface area contributed by atoms with Crippen LogP contribution in [0.4, 0.5) is 0 Å². The van der Waals surface area contributed by atoms with E-state index in [2.05, 4.69) is 34.5 Å². The van der Waals surface area contributed by atoms with Crippen LogP contribution in [0.1, 0.15) is 16.7 Å². The Kier molecular flexibility index (Phi) is 6.10. The maximum Gasteiger partial charge on any atom is 0.307 e. The van der Waals surface area contributed by atoms with E-state index < -0.39 is 5.97 Å². The summed E-state index contributed by atoms with van der Waals surface area (Å²) in [6, 6.07) is 23.5. The smallest absolute Gasteiger partial charge is 0.307 e. The SMILES string of the molecule is NCc1cccc(-c2cc(COc3ccccc3CC(=O)O)cc(-c3ccn[nH]3)c2)c1. The summed E-state index contributed by atoms with van der Waals surface area (Å²) in [5, 5.41) is 16.2. The highest BCUT2D eigenvalue weighted by molar-refractivity contribution is 5.73. The molecule has 4 rings (SSSR count). The third-order valence-electron chi connectivity index (χ3n) is 5.01. The third kappa shape index (κ3) is 4.99. The van der Waals surface area contributed by atoms with Gasteiger partial charge in [-0.25, -0.2) is 0 Å². The van der Waals surface area contributed by atoms with Gasteiger partial charge in [0.1, 0.15) is 12.4 Å². The van der Waals surface area contributed by atoms with Gasteiger partial charge in [0.15, 0.2) is 0 Å². The molecule has 3 aromatic carbocycles. The van der Waals surface area contributed by atoms with Gasteiger partial charge in [-0.15, -0.1) is 0 Å². The fourth-order valence-corrected chi connectivity index (χ4v) is 3.51. The van der Waals surface area contributed by atoms with E-state index in [9.17, 15) is 4.79 Å². The van der Waals surface area contributed by atoms with E-state index in [4.69, 9.17) is 15.6 Å². The van der Waals surface area contributed by atoms with Crippen LogP contribution >= 0.6 is 0 Å². The number of ether oxygens (including phenoxy) is 1. The summed E-state index contributed by atoms with van der Waals surface area (Å²) in [5.41, 5.74) is 12.5. The molecule has 4 aromatic rings. The lowest BCUT2D eigenvalue weighted by molar-refractivity contribution is -0.136. The summed E-state index contributed by atoms with van der Waals surface area (Å²) >= 11 is 0. The molecule has 1 aromatic heterocycles. The third-order valence-corrected chi connectivity index (χ3v) is 5.01. The summed E-state index contributed by atoms with van der Waals surface area (Å²) in [5.74, 6) is -0.317. The van der Waals surface area contributed by atoms with E-state index in [1.54, 1.807) is 18.3 Å². The number of benzene rings is 3. The van der Waals surface area contributed by atoms with Crippen molar-refractivity contribution in [3.63, 3.8) is 0 Å². The van der Waals surface area contributed by atoms with Crippen LogP contribution in [-0.4, -0.2) is 21.3 Å². The Balaban J connectivity index is 1.67. The normalized spacial score (nSPS) is 10.7. The number of carboxylic acids is 1. The molecule has 0 aliphatic rings. The van der Waals surface area contributed by atoms with Gasteiger partial charge in [0.2, 0.25) is 0 Å². The Morgan fingerprint density at radius 1 is 0.935 bits per heavy atom. The van der Waals surface area contributed by atoms with Crippen LogP contribution < -0.4 is 10.5 Å². The van der Waals surface area contributed by atoms with Crippen LogP contribution in [0.5, 0.6) is 5.75 Å². The second kappa shape index (κ2) is 9.28. The topological polar surface area (TPSA) is 101 Å². The Hall–Kier alpha value is -3.90. The summed E-state index contributed by atoms with van der Waals surface area (Å²) < 4.78 is 6.02. The molecule has 0 aliphatic heterocycles. The lowest BCUT2D eigenvalue weighted by Crippen LogP contribution is -2.04. The number of hydrogen-bond acceptors (Lipinski definition) is 4. The van der Waals surface area contributed by atoms with Gasteiger partial charge >= 0.3 is 5.97 Å². The molecule has 0 amide bonds. The predicted octanol–water partition coefficient (Wildman–Crippen LogP) is 4.41. The largest absolute Gasteiger partial charge is 0.489 e. The number of nitrogens with zero attached hydrogens (tertiary/aromatic N) is 1. The monoisotopic (exact) mass is 413 g/mol. The first-order valence-electron chi connectivity index (χ1n) is 9.98. The van der Waals surface area contributed by atoms with E-state index in [1.165, 1.54) is 0 Å². The Labute approximate surface area is 180 Å². The summed E-state index contributed by atoms with van der Waals surface area (Å²) in [6.45, 7) is 0.784. The lowest BCUT2D eigenvalue weighted by atomic mass is 9.97. The van der Waals surface area contributed by atoms with Crippen molar-refractivity contribution in [2.45, 2.75) is 19.6 Å². The Morgan fingerprint density at radius 3 is 2.52 bits per heavy atom. The molecule has 0 radical (unpaired) electrons. The van der Waals surface area contributed by atoms with E-state index in [0.29, 0.717) is 24.5 Å². The minimum atomic E-state index is -0.889. The molecular formula is C25H23N3O3. The van der Waals surface area contributed by atoms with E-state index in [-0.39, 0.29) is 6.42 Å². The molecule has 0 aliphatic carbocycles. The molecule has 1 heterocycles. The van der Waals surface area contributed by atoms with Crippen molar-refractivity contribution in [2.75, 3.05) is 0 Å². The van der Waals surface area contributed by atoms with Gasteiger partial charge in [0.25, 0.3) is 0 Å². The predicted molar refractivity (Wildman–Crippen MR) is 119 cm³/mol. The highest BCUT2D eigenvalue weighted by Gasteiger charge is 2.10. The maximum absolute atomic E-state index is 11.2. The fourth-order valence-electron chi connectivity index (χ4n) is 3.51. The molecule has 0 saturated carbocycles. The second-order valence-corrected chi connectivity index (χ2v) is 7.26. The lowest BCUT2D eigenvalue weighted by Gasteiger charge is -2.13. The van der Waals surface area contributed by atoms with E-state index >= 15 is 0 Å². The number of para-hydroxylation sites is 1. The van der Waals surface area contributed by atoms with Crippen LogP contribution in [0.3, 0.4) is 0 Å². The van der Waals surface area contributed by atoms with Gasteiger partial charge in [0, 0.05) is 23.9 Å². The molecule has 0 bridgehead atoms. The first kappa shape index (κ1) is 20.4. The highest BCUT2D eigenvalue weighted by atomic mass is 16.5. The van der Waals surface area contributed by atoms with Crippen molar-refractivity contribution in [2.24, 2.45) is 5.73 Å². The molecule has 31 heavy (non-hydrogen) atoms. The zero-order chi connectivity index (χ0) is 21.6. The van der Waals surface area contributed by atoms with Crippen molar-refractivity contribution < 1.29 is 14.6 Å². The first-order valence-corrected chi connectivity index (χ1v) is 9.98. The maximum atomic E-state index is 11.2. The number of hydrogen-bond donors (Lipinski definition) is 3.